The number of carbonyl (C=O) groups is 2. The first kappa shape index (κ1) is 20.6. The molecule has 5 rings (SSSR count). The zero-order valence-electron chi connectivity index (χ0n) is 17.9. The molecule has 162 valence electrons. The fraction of sp³-hybridized carbons (Fsp3) is 0.231. The molecule has 32 heavy (non-hydrogen) atoms. The minimum atomic E-state index is -0.231. The molecule has 2 aliphatic rings. The van der Waals surface area contributed by atoms with E-state index in [1.54, 1.807) is 16.7 Å². The Bertz CT molecular complexity index is 1190. The van der Waals surface area contributed by atoms with Crippen molar-refractivity contribution in [1.82, 2.24) is 5.32 Å². The summed E-state index contributed by atoms with van der Waals surface area (Å²) in [5, 5.41) is 6.10. The monoisotopic (exact) mass is 443 g/mol. The smallest absolute Gasteiger partial charge is 0.319 e. The summed E-state index contributed by atoms with van der Waals surface area (Å²) in [5.41, 5.74) is 4.71. The van der Waals surface area contributed by atoms with Crippen LogP contribution in [0.2, 0.25) is 0 Å². The largest absolute Gasteiger partial charge is 0.331 e. The molecule has 3 aromatic rings. The Kier molecular flexibility index (Phi) is 5.62. The van der Waals surface area contributed by atoms with Gasteiger partial charge in [0.05, 0.1) is 17.3 Å². The number of anilines is 2. The predicted molar refractivity (Wildman–Crippen MR) is 129 cm³/mol. The molecule has 1 atom stereocenters. The number of carbonyl (C=O) groups excluding carboxylic acids is 2. The van der Waals surface area contributed by atoms with Crippen LogP contribution in [0.5, 0.6) is 0 Å². The van der Waals surface area contributed by atoms with Gasteiger partial charge >= 0.3 is 6.03 Å². The molecule has 0 saturated heterocycles. The fourth-order valence-corrected chi connectivity index (χ4v) is 5.60. The Hall–Kier alpha value is -3.25. The Morgan fingerprint density at radius 1 is 1.06 bits per heavy atom. The van der Waals surface area contributed by atoms with Crippen molar-refractivity contribution in [3.05, 3.63) is 83.4 Å². The number of nitrogens with zero attached hydrogens (tertiary/aromatic N) is 1. The summed E-state index contributed by atoms with van der Waals surface area (Å²) in [6.45, 7) is 2.52. The Balaban J connectivity index is 1.37. The zero-order chi connectivity index (χ0) is 22.1. The first-order valence-electron chi connectivity index (χ1n) is 11.0. The number of aryl methyl sites for hydroxylation is 1. The third-order valence-corrected chi connectivity index (χ3v) is 7.22. The highest BCUT2D eigenvalue weighted by atomic mass is 32.2. The lowest BCUT2D eigenvalue weighted by Crippen LogP contribution is -2.34. The van der Waals surface area contributed by atoms with Gasteiger partial charge in [-0.25, -0.2) is 4.79 Å². The fourth-order valence-electron chi connectivity index (χ4n) is 4.54. The topological polar surface area (TPSA) is 61.4 Å². The second-order valence-corrected chi connectivity index (χ2v) is 9.16. The summed E-state index contributed by atoms with van der Waals surface area (Å²) in [4.78, 5) is 29.7. The quantitative estimate of drug-likeness (QED) is 0.521. The van der Waals surface area contributed by atoms with Crippen molar-refractivity contribution in [3.63, 3.8) is 0 Å². The molecule has 1 heterocycles. The van der Waals surface area contributed by atoms with E-state index in [0.717, 1.165) is 34.7 Å². The molecule has 0 bridgehead atoms. The third-order valence-electron chi connectivity index (χ3n) is 6.08. The average molecular weight is 444 g/mol. The van der Waals surface area contributed by atoms with E-state index < -0.39 is 0 Å². The highest BCUT2D eigenvalue weighted by Gasteiger charge is 2.27. The van der Waals surface area contributed by atoms with Crippen LogP contribution in [0, 0.1) is 0 Å². The van der Waals surface area contributed by atoms with Gasteiger partial charge in [0.25, 0.3) is 5.91 Å². The van der Waals surface area contributed by atoms with Crippen molar-refractivity contribution in [2.45, 2.75) is 42.0 Å². The molecule has 0 saturated carbocycles. The van der Waals surface area contributed by atoms with E-state index in [9.17, 15) is 9.59 Å². The minimum absolute atomic E-state index is 0.0135. The van der Waals surface area contributed by atoms with Crippen molar-refractivity contribution < 1.29 is 9.59 Å². The summed E-state index contributed by atoms with van der Waals surface area (Å²) in [5.74, 6) is -0.0187. The normalized spacial score (nSPS) is 17.0. The maximum absolute atomic E-state index is 13.2. The molecule has 0 aromatic heterocycles. The standard InChI is InChI=1S/C26H25N3O2S/c1-2-29-22-16-18(14-15-24(22)32-23-13-6-5-11-20(23)25(29)30)27-26(31)28-21-12-7-9-17-8-3-4-10-19(17)21/h3-6,8,10-11,13-16,21H,2,7,9,12H2,1H3,(H2,27,28,31). The van der Waals surface area contributed by atoms with Crippen LogP contribution >= 0.6 is 11.8 Å². The maximum Gasteiger partial charge on any atom is 0.319 e. The number of urea groups is 1. The van der Waals surface area contributed by atoms with Gasteiger partial charge in [0.1, 0.15) is 0 Å². The SMILES string of the molecule is CCN1C(=O)c2ccccc2Sc2ccc(NC(=O)NC3CCCc4ccccc43)cc21. The van der Waals surface area contributed by atoms with Crippen molar-refractivity contribution in [3.8, 4) is 0 Å². The van der Waals surface area contributed by atoms with Gasteiger partial charge in [0.15, 0.2) is 0 Å². The predicted octanol–water partition coefficient (Wildman–Crippen LogP) is 6.02. The van der Waals surface area contributed by atoms with Gasteiger partial charge in [-0.3, -0.25) is 4.79 Å². The number of nitrogens with one attached hydrogen (secondary N) is 2. The van der Waals surface area contributed by atoms with Gasteiger partial charge in [-0.2, -0.15) is 0 Å². The molecule has 0 radical (unpaired) electrons. The van der Waals surface area contributed by atoms with E-state index in [0.29, 0.717) is 17.8 Å². The Morgan fingerprint density at radius 2 is 1.88 bits per heavy atom. The molecule has 1 unspecified atom stereocenters. The van der Waals surface area contributed by atoms with Gasteiger partial charge in [-0.05, 0) is 67.6 Å². The Labute approximate surface area is 192 Å². The van der Waals surface area contributed by atoms with Crippen LogP contribution < -0.4 is 15.5 Å². The van der Waals surface area contributed by atoms with Crippen molar-refractivity contribution >= 4 is 35.1 Å². The average Bonchev–Trinajstić information content (AvgIpc) is 2.93. The number of benzene rings is 3. The first-order chi connectivity index (χ1) is 15.6. The van der Waals surface area contributed by atoms with Crippen molar-refractivity contribution in [1.29, 1.82) is 0 Å². The summed E-state index contributed by atoms with van der Waals surface area (Å²) in [6.07, 6.45) is 3.05. The van der Waals surface area contributed by atoms with E-state index in [4.69, 9.17) is 0 Å². The summed E-state index contributed by atoms with van der Waals surface area (Å²) >= 11 is 1.58. The lowest BCUT2D eigenvalue weighted by Gasteiger charge is -2.26. The second kappa shape index (κ2) is 8.71. The maximum atomic E-state index is 13.2. The van der Waals surface area contributed by atoms with Crippen LogP contribution in [0.4, 0.5) is 16.2 Å². The summed E-state index contributed by atoms with van der Waals surface area (Å²) in [7, 11) is 0. The molecule has 5 nitrogen and oxygen atoms in total. The van der Waals surface area contributed by atoms with Gasteiger partial charge in [-0.15, -0.1) is 0 Å². The summed E-state index contributed by atoms with van der Waals surface area (Å²) < 4.78 is 0. The van der Waals surface area contributed by atoms with Gasteiger partial charge in [0.2, 0.25) is 0 Å². The van der Waals surface area contributed by atoms with Crippen LogP contribution in [0.1, 0.15) is 47.3 Å². The number of rotatable bonds is 3. The van der Waals surface area contributed by atoms with Crippen LogP contribution in [-0.2, 0) is 6.42 Å². The minimum Gasteiger partial charge on any atom is -0.331 e. The lowest BCUT2D eigenvalue weighted by molar-refractivity contribution is 0.0985. The van der Waals surface area contributed by atoms with Gasteiger partial charge in [-0.1, -0.05) is 48.2 Å². The van der Waals surface area contributed by atoms with Gasteiger partial charge < -0.3 is 15.5 Å². The van der Waals surface area contributed by atoms with E-state index in [1.807, 2.05) is 61.5 Å². The summed E-state index contributed by atoms with van der Waals surface area (Å²) in [6, 6.07) is 21.5. The number of hydrogen-bond acceptors (Lipinski definition) is 3. The first-order valence-corrected chi connectivity index (χ1v) is 11.8. The highest BCUT2D eigenvalue weighted by Crippen LogP contribution is 2.42. The van der Waals surface area contributed by atoms with E-state index in [-0.39, 0.29) is 18.0 Å². The molecule has 3 amide bonds. The van der Waals surface area contributed by atoms with E-state index in [2.05, 4.69) is 22.8 Å². The zero-order valence-corrected chi connectivity index (χ0v) is 18.7. The molecular formula is C26H25N3O2S. The lowest BCUT2D eigenvalue weighted by atomic mass is 9.88. The number of fused-ring (bicyclic) bond motifs is 3. The van der Waals surface area contributed by atoms with Crippen LogP contribution in [0.3, 0.4) is 0 Å². The molecule has 6 heteroatoms. The molecular weight excluding hydrogens is 418 g/mol. The van der Waals surface area contributed by atoms with Crippen LogP contribution in [-0.4, -0.2) is 18.5 Å². The molecule has 0 spiro atoms. The number of hydrogen-bond donors (Lipinski definition) is 2. The molecule has 1 aliphatic carbocycles. The highest BCUT2D eigenvalue weighted by molar-refractivity contribution is 7.99. The molecule has 0 fully saturated rings. The van der Waals surface area contributed by atoms with E-state index >= 15 is 0 Å². The van der Waals surface area contributed by atoms with Crippen LogP contribution in [0.25, 0.3) is 0 Å². The van der Waals surface area contributed by atoms with E-state index in [1.165, 1.54) is 11.1 Å². The van der Waals surface area contributed by atoms with Crippen molar-refractivity contribution in [2.75, 3.05) is 16.8 Å². The Morgan fingerprint density at radius 3 is 2.75 bits per heavy atom. The van der Waals surface area contributed by atoms with Crippen LogP contribution in [0.15, 0.2) is 76.5 Å². The van der Waals surface area contributed by atoms with Crippen molar-refractivity contribution in [2.24, 2.45) is 0 Å². The molecule has 1 aliphatic heterocycles. The molecule has 2 N–H and O–H groups in total. The second-order valence-electron chi connectivity index (χ2n) is 8.07. The third kappa shape index (κ3) is 3.86. The van der Waals surface area contributed by atoms with Gasteiger partial charge in [0, 0.05) is 22.0 Å². The molecule has 3 aromatic carbocycles. The number of amides is 3.